The number of aliphatic hydroxyl groups excluding tert-OH is 1. The van der Waals surface area contributed by atoms with Crippen LogP contribution in [0.1, 0.15) is 19.3 Å². The van der Waals surface area contributed by atoms with Gasteiger partial charge in [-0.2, -0.15) is 0 Å². The molecule has 0 aliphatic heterocycles. The molecule has 13 heavy (non-hydrogen) atoms. The van der Waals surface area contributed by atoms with Gasteiger partial charge in [0.15, 0.2) is 0 Å². The van der Waals surface area contributed by atoms with Crippen LogP contribution in [-0.4, -0.2) is 37.2 Å². The van der Waals surface area contributed by atoms with Crippen LogP contribution in [-0.2, 0) is 14.3 Å². The third-order valence-electron chi connectivity index (χ3n) is 1.44. The molecule has 0 aromatic rings. The van der Waals surface area contributed by atoms with Crippen LogP contribution in [0.3, 0.4) is 0 Å². The second kappa shape index (κ2) is 7.54. The zero-order valence-electron chi connectivity index (χ0n) is 7.71. The summed E-state index contributed by atoms with van der Waals surface area (Å²) in [5, 5.41) is 10.9. The number of nitrogens with one attached hydrogen (secondary N) is 1. The molecule has 0 aromatic heterocycles. The number of carbonyl (C=O) groups is 2. The molecule has 0 saturated heterocycles. The van der Waals surface area contributed by atoms with Gasteiger partial charge >= 0.3 is 5.97 Å². The van der Waals surface area contributed by atoms with Crippen molar-refractivity contribution in [1.29, 1.82) is 0 Å². The van der Waals surface area contributed by atoms with Crippen molar-refractivity contribution >= 4 is 11.9 Å². The Bertz CT molecular complexity index is 170. The highest BCUT2D eigenvalue weighted by atomic mass is 16.5. The number of methoxy groups -OCH3 is 1. The van der Waals surface area contributed by atoms with Crippen LogP contribution >= 0.6 is 0 Å². The molecule has 0 rings (SSSR count). The van der Waals surface area contributed by atoms with Gasteiger partial charge in [0.1, 0.15) is 0 Å². The number of carbonyl (C=O) groups excluding carboxylic acids is 2. The molecule has 0 saturated carbocycles. The molecule has 0 radical (unpaired) electrons. The van der Waals surface area contributed by atoms with Crippen LogP contribution in [0, 0.1) is 0 Å². The van der Waals surface area contributed by atoms with E-state index in [0.717, 1.165) is 0 Å². The van der Waals surface area contributed by atoms with E-state index in [9.17, 15) is 9.59 Å². The van der Waals surface area contributed by atoms with Crippen molar-refractivity contribution in [1.82, 2.24) is 5.32 Å². The summed E-state index contributed by atoms with van der Waals surface area (Å²) in [7, 11) is 1.30. The fraction of sp³-hybridized carbons (Fsp3) is 0.750. The van der Waals surface area contributed by atoms with E-state index in [4.69, 9.17) is 5.11 Å². The second-order valence-corrected chi connectivity index (χ2v) is 2.50. The van der Waals surface area contributed by atoms with Gasteiger partial charge in [-0.05, 0) is 6.42 Å². The number of hydrogen-bond donors (Lipinski definition) is 2. The lowest BCUT2D eigenvalue weighted by Gasteiger charge is -2.02. The van der Waals surface area contributed by atoms with Crippen LogP contribution in [0.4, 0.5) is 0 Å². The third-order valence-corrected chi connectivity index (χ3v) is 1.44. The van der Waals surface area contributed by atoms with Gasteiger partial charge in [-0.15, -0.1) is 0 Å². The van der Waals surface area contributed by atoms with Crippen molar-refractivity contribution in [3.05, 3.63) is 0 Å². The summed E-state index contributed by atoms with van der Waals surface area (Å²) in [6.45, 7) is 0.293. The van der Waals surface area contributed by atoms with E-state index in [1.807, 2.05) is 0 Å². The fourth-order valence-corrected chi connectivity index (χ4v) is 0.734. The van der Waals surface area contributed by atoms with E-state index < -0.39 is 0 Å². The molecule has 0 bridgehead atoms. The monoisotopic (exact) mass is 189 g/mol. The van der Waals surface area contributed by atoms with Crippen molar-refractivity contribution < 1.29 is 19.4 Å². The highest BCUT2D eigenvalue weighted by molar-refractivity contribution is 5.76. The molecule has 0 atom stereocenters. The van der Waals surface area contributed by atoms with Gasteiger partial charge < -0.3 is 15.2 Å². The van der Waals surface area contributed by atoms with Crippen LogP contribution in [0.2, 0.25) is 0 Å². The number of aliphatic hydroxyl groups is 1. The number of rotatable bonds is 6. The lowest BCUT2D eigenvalue weighted by Crippen LogP contribution is -2.26. The quantitative estimate of drug-likeness (QED) is 0.549. The van der Waals surface area contributed by atoms with Crippen LogP contribution in [0.5, 0.6) is 0 Å². The average Bonchev–Trinajstić information content (AvgIpc) is 2.14. The normalized spacial score (nSPS) is 9.38. The molecule has 5 heteroatoms. The predicted octanol–water partition coefficient (Wildman–Crippen LogP) is -0.562. The minimum atomic E-state index is -0.345. The number of ether oxygens (including phenoxy) is 1. The first-order valence-corrected chi connectivity index (χ1v) is 4.15. The Labute approximate surface area is 77.1 Å². The van der Waals surface area contributed by atoms with Gasteiger partial charge in [0.25, 0.3) is 0 Å². The summed E-state index contributed by atoms with van der Waals surface area (Å²) in [5.74, 6) is -0.500. The standard InChI is InChI=1S/C8H15NO4/c1-13-8(12)4-5-9-7(11)3-2-6-10/h10H,2-6H2,1H3,(H,9,11). The molecule has 2 N–H and O–H groups in total. The van der Waals surface area contributed by atoms with E-state index in [1.54, 1.807) is 0 Å². The summed E-state index contributed by atoms with van der Waals surface area (Å²) < 4.78 is 4.38. The molecular formula is C8H15NO4. The Morgan fingerprint density at radius 2 is 2.08 bits per heavy atom. The van der Waals surface area contributed by atoms with Gasteiger partial charge in [-0.1, -0.05) is 0 Å². The first-order valence-electron chi connectivity index (χ1n) is 4.15. The molecule has 0 unspecified atom stereocenters. The molecule has 0 fully saturated rings. The highest BCUT2D eigenvalue weighted by Crippen LogP contribution is 1.87. The highest BCUT2D eigenvalue weighted by Gasteiger charge is 2.02. The van der Waals surface area contributed by atoms with E-state index in [-0.39, 0.29) is 37.9 Å². The topological polar surface area (TPSA) is 75.6 Å². The first-order chi connectivity index (χ1) is 6.20. The summed E-state index contributed by atoms with van der Waals surface area (Å²) in [4.78, 5) is 21.5. The Balaban J connectivity index is 3.31. The summed E-state index contributed by atoms with van der Waals surface area (Å²) in [6.07, 6.45) is 0.920. The zero-order valence-corrected chi connectivity index (χ0v) is 7.71. The lowest BCUT2D eigenvalue weighted by atomic mass is 10.3. The van der Waals surface area contributed by atoms with Gasteiger partial charge in [0.05, 0.1) is 13.5 Å². The largest absolute Gasteiger partial charge is 0.469 e. The minimum Gasteiger partial charge on any atom is -0.469 e. The fourth-order valence-electron chi connectivity index (χ4n) is 0.734. The molecule has 1 amide bonds. The predicted molar refractivity (Wildman–Crippen MR) is 46.0 cm³/mol. The SMILES string of the molecule is COC(=O)CCNC(=O)CCCO. The Morgan fingerprint density at radius 3 is 2.62 bits per heavy atom. The average molecular weight is 189 g/mol. The number of esters is 1. The van der Waals surface area contributed by atoms with Gasteiger partial charge in [-0.25, -0.2) is 0 Å². The van der Waals surface area contributed by atoms with Gasteiger partial charge in [0, 0.05) is 19.6 Å². The smallest absolute Gasteiger partial charge is 0.307 e. The maximum absolute atomic E-state index is 10.9. The number of amides is 1. The maximum atomic E-state index is 10.9. The van der Waals surface area contributed by atoms with E-state index >= 15 is 0 Å². The van der Waals surface area contributed by atoms with E-state index in [0.29, 0.717) is 6.42 Å². The molecule has 0 spiro atoms. The van der Waals surface area contributed by atoms with Gasteiger partial charge in [0.2, 0.25) is 5.91 Å². The Morgan fingerprint density at radius 1 is 1.38 bits per heavy atom. The van der Waals surface area contributed by atoms with Crippen LogP contribution in [0.15, 0.2) is 0 Å². The Hall–Kier alpha value is -1.10. The maximum Gasteiger partial charge on any atom is 0.307 e. The van der Waals surface area contributed by atoms with Crippen molar-refractivity contribution in [2.24, 2.45) is 0 Å². The second-order valence-electron chi connectivity index (χ2n) is 2.50. The van der Waals surface area contributed by atoms with E-state index in [1.165, 1.54) is 7.11 Å². The summed E-state index contributed by atoms with van der Waals surface area (Å²) >= 11 is 0. The van der Waals surface area contributed by atoms with Gasteiger partial charge in [-0.3, -0.25) is 9.59 Å². The molecule has 0 aliphatic rings. The first kappa shape index (κ1) is 11.9. The molecule has 0 heterocycles. The molecule has 0 aliphatic carbocycles. The van der Waals surface area contributed by atoms with Crippen molar-refractivity contribution in [2.75, 3.05) is 20.3 Å². The lowest BCUT2D eigenvalue weighted by molar-refractivity contribution is -0.140. The summed E-state index contributed by atoms with van der Waals surface area (Å²) in [6, 6.07) is 0. The van der Waals surface area contributed by atoms with Crippen LogP contribution < -0.4 is 5.32 Å². The molecule has 76 valence electrons. The van der Waals surface area contributed by atoms with Crippen LogP contribution in [0.25, 0.3) is 0 Å². The van der Waals surface area contributed by atoms with Crippen molar-refractivity contribution in [2.45, 2.75) is 19.3 Å². The third kappa shape index (κ3) is 7.27. The summed E-state index contributed by atoms with van der Waals surface area (Å²) in [5.41, 5.74) is 0. The molecule has 0 aromatic carbocycles. The van der Waals surface area contributed by atoms with Crippen molar-refractivity contribution in [3.63, 3.8) is 0 Å². The molecule has 5 nitrogen and oxygen atoms in total. The Kier molecular flexibility index (Phi) is 6.91. The zero-order chi connectivity index (χ0) is 10.1. The number of hydrogen-bond acceptors (Lipinski definition) is 4. The van der Waals surface area contributed by atoms with E-state index in [2.05, 4.69) is 10.1 Å². The van der Waals surface area contributed by atoms with Crippen molar-refractivity contribution in [3.8, 4) is 0 Å². The minimum absolute atomic E-state index is 0.00439. The molecular weight excluding hydrogens is 174 g/mol.